The first-order valence-electron chi connectivity index (χ1n) is 12.3. The van der Waals surface area contributed by atoms with Crippen LogP contribution in [-0.2, 0) is 6.18 Å². The molecule has 0 aliphatic rings. The summed E-state index contributed by atoms with van der Waals surface area (Å²) < 4.78 is 51.9. The van der Waals surface area contributed by atoms with Crippen molar-refractivity contribution in [2.45, 2.75) is 6.18 Å². The molecule has 5 rings (SSSR count). The molecule has 0 spiro atoms. The van der Waals surface area contributed by atoms with Gasteiger partial charge in [0, 0.05) is 10.9 Å². The summed E-state index contributed by atoms with van der Waals surface area (Å²) in [5.74, 6) is -0.844. The minimum absolute atomic E-state index is 0.0687. The van der Waals surface area contributed by atoms with Crippen LogP contribution in [0.25, 0.3) is 22.0 Å². The van der Waals surface area contributed by atoms with E-state index in [0.717, 1.165) is 6.07 Å². The van der Waals surface area contributed by atoms with Gasteiger partial charge in [-0.3, -0.25) is 4.79 Å². The maximum absolute atomic E-state index is 13.7. The van der Waals surface area contributed by atoms with Gasteiger partial charge in [-0.2, -0.15) is 18.3 Å². The lowest BCUT2D eigenvalue weighted by Gasteiger charge is -2.10. The molecule has 10 heteroatoms. The average Bonchev–Trinajstić information content (AvgIpc) is 3.38. The van der Waals surface area contributed by atoms with Crippen LogP contribution in [0, 0.1) is 0 Å². The first-order chi connectivity index (χ1) is 19.8. The molecule has 0 bridgehead atoms. The Morgan fingerprint density at radius 1 is 0.878 bits per heavy atom. The molecule has 0 unspecified atom stereocenters. The first-order valence-corrected chi connectivity index (χ1v) is 12.3. The maximum Gasteiger partial charge on any atom is 0.418 e. The summed E-state index contributed by atoms with van der Waals surface area (Å²) >= 11 is 0. The van der Waals surface area contributed by atoms with Crippen LogP contribution in [0.15, 0.2) is 102 Å². The number of ether oxygens (including phenoxy) is 2. The number of rotatable bonds is 7. The van der Waals surface area contributed by atoms with Gasteiger partial charge in [-0.1, -0.05) is 60.7 Å². The molecule has 0 aliphatic heterocycles. The molecular formula is C31H22F3N3O4. The molecular weight excluding hydrogens is 535 g/mol. The van der Waals surface area contributed by atoms with Gasteiger partial charge in [-0.25, -0.2) is 10.2 Å². The summed E-state index contributed by atoms with van der Waals surface area (Å²) in [7, 11) is 1.41. The van der Waals surface area contributed by atoms with E-state index < -0.39 is 23.6 Å². The van der Waals surface area contributed by atoms with Crippen molar-refractivity contribution in [2.24, 2.45) is 5.10 Å². The predicted octanol–water partition coefficient (Wildman–Crippen LogP) is 6.85. The quantitative estimate of drug-likeness (QED) is 0.0991. The van der Waals surface area contributed by atoms with Crippen LogP contribution >= 0.6 is 0 Å². The number of carbonyl (C=O) groups is 2. The van der Waals surface area contributed by atoms with Gasteiger partial charge >= 0.3 is 12.1 Å². The largest absolute Gasteiger partial charge is 0.493 e. The summed E-state index contributed by atoms with van der Waals surface area (Å²) in [6, 6.07) is 25.6. The number of carbonyl (C=O) groups excluding carboxylic acids is 2. The number of fused-ring (bicyclic) bond motifs is 1. The molecule has 2 N–H and O–H groups in total. The number of alkyl halides is 3. The standard InChI is InChI=1S/C31H22F3N3O4/c1-40-25-17-19(15-16-24(25)41-30(39)21-11-6-3-7-12-21)18-35-37-29(38)28-26(20-9-4-2-5-10-20)22-13-8-14-23(27(22)36-28)31(32,33)34/h2-18,36H,1H3,(H,37,38). The van der Waals surface area contributed by atoms with Crippen LogP contribution in [-0.4, -0.2) is 30.2 Å². The molecule has 7 nitrogen and oxygen atoms in total. The number of aromatic nitrogens is 1. The molecule has 0 saturated heterocycles. The van der Waals surface area contributed by atoms with Crippen molar-refractivity contribution in [3.05, 3.63) is 119 Å². The fourth-order valence-electron chi connectivity index (χ4n) is 4.33. The molecule has 1 amide bonds. The van der Waals surface area contributed by atoms with Crippen molar-refractivity contribution in [2.75, 3.05) is 7.11 Å². The zero-order valence-electron chi connectivity index (χ0n) is 21.5. The van der Waals surface area contributed by atoms with E-state index in [9.17, 15) is 22.8 Å². The van der Waals surface area contributed by atoms with Crippen LogP contribution < -0.4 is 14.9 Å². The molecule has 4 aromatic carbocycles. The number of nitrogens with zero attached hydrogens (tertiary/aromatic N) is 1. The van der Waals surface area contributed by atoms with Crippen LogP contribution in [0.3, 0.4) is 0 Å². The van der Waals surface area contributed by atoms with Gasteiger partial charge in [0.2, 0.25) is 0 Å². The summed E-state index contributed by atoms with van der Waals surface area (Å²) in [4.78, 5) is 28.2. The Bertz CT molecular complexity index is 1750. The van der Waals surface area contributed by atoms with Gasteiger partial charge in [0.1, 0.15) is 5.69 Å². The molecule has 0 fully saturated rings. The van der Waals surface area contributed by atoms with E-state index >= 15 is 0 Å². The van der Waals surface area contributed by atoms with E-state index in [-0.39, 0.29) is 28.1 Å². The smallest absolute Gasteiger partial charge is 0.418 e. The normalized spacial score (nSPS) is 11.5. The Balaban J connectivity index is 1.40. The lowest BCUT2D eigenvalue weighted by molar-refractivity contribution is -0.136. The highest BCUT2D eigenvalue weighted by Gasteiger charge is 2.34. The zero-order chi connectivity index (χ0) is 29.0. The third kappa shape index (κ3) is 5.81. The summed E-state index contributed by atoms with van der Waals surface area (Å²) in [5.41, 5.74) is 3.00. The fourth-order valence-corrected chi connectivity index (χ4v) is 4.33. The molecule has 1 heterocycles. The van der Waals surface area contributed by atoms with Gasteiger partial charge < -0.3 is 14.5 Å². The SMILES string of the molecule is COc1cc(C=NNC(=O)c2[nH]c3c(C(F)(F)F)cccc3c2-c2ccccc2)ccc1OC(=O)c1ccccc1. The Hall–Kier alpha value is -5.38. The van der Waals surface area contributed by atoms with E-state index in [4.69, 9.17) is 9.47 Å². The van der Waals surface area contributed by atoms with Crippen molar-refractivity contribution in [3.8, 4) is 22.6 Å². The van der Waals surface area contributed by atoms with Gasteiger partial charge in [-0.05, 0) is 47.5 Å². The molecule has 206 valence electrons. The number of methoxy groups -OCH3 is 1. The first kappa shape index (κ1) is 27.2. The summed E-state index contributed by atoms with van der Waals surface area (Å²) in [5, 5.41) is 4.23. The second-order valence-corrected chi connectivity index (χ2v) is 8.83. The van der Waals surface area contributed by atoms with E-state index in [2.05, 4.69) is 15.5 Å². The third-order valence-corrected chi connectivity index (χ3v) is 6.21. The molecule has 0 radical (unpaired) electrons. The van der Waals surface area contributed by atoms with Gasteiger partial charge in [0.05, 0.1) is 30.0 Å². The minimum Gasteiger partial charge on any atom is -0.493 e. The average molecular weight is 558 g/mol. The topological polar surface area (TPSA) is 92.8 Å². The molecule has 41 heavy (non-hydrogen) atoms. The Morgan fingerprint density at radius 3 is 2.27 bits per heavy atom. The highest BCUT2D eigenvalue weighted by atomic mass is 19.4. The van der Waals surface area contributed by atoms with Gasteiger partial charge in [0.25, 0.3) is 5.91 Å². The van der Waals surface area contributed by atoms with E-state index in [1.165, 1.54) is 31.5 Å². The third-order valence-electron chi connectivity index (χ3n) is 6.21. The Labute approximate surface area is 232 Å². The molecule has 5 aromatic rings. The number of para-hydroxylation sites is 1. The van der Waals surface area contributed by atoms with Crippen LogP contribution in [0.4, 0.5) is 13.2 Å². The van der Waals surface area contributed by atoms with Gasteiger partial charge in [0.15, 0.2) is 11.5 Å². The minimum atomic E-state index is -4.62. The number of hydrogen-bond donors (Lipinski definition) is 2. The van der Waals surface area contributed by atoms with Crippen molar-refractivity contribution in [3.63, 3.8) is 0 Å². The van der Waals surface area contributed by atoms with Gasteiger partial charge in [-0.15, -0.1) is 0 Å². The molecule has 0 saturated carbocycles. The molecule has 0 atom stereocenters. The van der Waals surface area contributed by atoms with Crippen molar-refractivity contribution in [1.29, 1.82) is 0 Å². The number of amides is 1. The van der Waals surface area contributed by atoms with Crippen LogP contribution in [0.5, 0.6) is 11.5 Å². The van der Waals surface area contributed by atoms with Crippen molar-refractivity contribution in [1.82, 2.24) is 10.4 Å². The summed E-state index contributed by atoms with van der Waals surface area (Å²) in [6.07, 6.45) is -3.29. The van der Waals surface area contributed by atoms with E-state index in [1.54, 1.807) is 72.8 Å². The molecule has 0 aliphatic carbocycles. The Kier molecular flexibility index (Phi) is 7.55. The highest BCUT2D eigenvalue weighted by molar-refractivity contribution is 6.10. The summed E-state index contributed by atoms with van der Waals surface area (Å²) in [6.45, 7) is 0. The zero-order valence-corrected chi connectivity index (χ0v) is 21.5. The number of esters is 1. The number of aromatic amines is 1. The van der Waals surface area contributed by atoms with Crippen molar-refractivity contribution >= 4 is 29.0 Å². The Morgan fingerprint density at radius 2 is 1.59 bits per heavy atom. The predicted molar refractivity (Wildman–Crippen MR) is 148 cm³/mol. The number of halogens is 3. The van der Waals surface area contributed by atoms with Crippen molar-refractivity contribution < 1.29 is 32.2 Å². The second kappa shape index (κ2) is 11.4. The second-order valence-electron chi connectivity index (χ2n) is 8.83. The van der Waals surface area contributed by atoms with E-state index in [1.807, 2.05) is 0 Å². The number of hydrazone groups is 1. The fraction of sp³-hybridized carbons (Fsp3) is 0.0645. The molecule has 1 aromatic heterocycles. The van der Waals surface area contributed by atoms with Crippen LogP contribution in [0.2, 0.25) is 0 Å². The maximum atomic E-state index is 13.7. The van der Waals surface area contributed by atoms with Crippen LogP contribution in [0.1, 0.15) is 32.0 Å². The number of H-pyrrole nitrogens is 1. The lowest BCUT2D eigenvalue weighted by Crippen LogP contribution is -2.19. The number of nitrogens with one attached hydrogen (secondary N) is 2. The number of hydrogen-bond acceptors (Lipinski definition) is 5. The van der Waals surface area contributed by atoms with E-state index in [0.29, 0.717) is 22.3 Å². The number of benzene rings is 4. The monoisotopic (exact) mass is 557 g/mol. The highest BCUT2D eigenvalue weighted by Crippen LogP contribution is 2.39. The lowest BCUT2D eigenvalue weighted by atomic mass is 10.0.